The van der Waals surface area contributed by atoms with Crippen molar-refractivity contribution in [3.05, 3.63) is 29.8 Å². The summed E-state index contributed by atoms with van der Waals surface area (Å²) in [6.07, 6.45) is 0.742. The topological polar surface area (TPSA) is 24.5 Å². The number of halogens is 2. The molecule has 1 atom stereocenters. The van der Waals surface area contributed by atoms with Gasteiger partial charge in [-0.1, -0.05) is 0 Å². The van der Waals surface area contributed by atoms with Gasteiger partial charge in [-0.25, -0.2) is 8.78 Å². The van der Waals surface area contributed by atoms with Gasteiger partial charge < -0.3 is 15.0 Å². The van der Waals surface area contributed by atoms with Crippen molar-refractivity contribution < 1.29 is 13.5 Å². The Labute approximate surface area is 112 Å². The molecular weight excluding hydrogens is 250 g/mol. The molecule has 106 valence electrons. The van der Waals surface area contributed by atoms with Gasteiger partial charge in [-0.05, 0) is 25.5 Å². The molecule has 1 fully saturated rings. The Hall–Kier alpha value is -1.20. The van der Waals surface area contributed by atoms with Crippen LogP contribution in [0.2, 0.25) is 0 Å². The van der Waals surface area contributed by atoms with Crippen LogP contribution in [0.3, 0.4) is 0 Å². The maximum atomic E-state index is 13.4. The molecule has 0 aliphatic carbocycles. The molecule has 1 aromatic carbocycles. The molecule has 0 aromatic heterocycles. The molecule has 0 spiro atoms. The summed E-state index contributed by atoms with van der Waals surface area (Å²) in [5, 5.41) is 3.30. The van der Waals surface area contributed by atoms with Crippen LogP contribution in [0.25, 0.3) is 0 Å². The zero-order chi connectivity index (χ0) is 13.7. The van der Waals surface area contributed by atoms with Crippen LogP contribution in [0.5, 0.6) is 5.75 Å². The molecule has 1 N–H and O–H groups in total. The third kappa shape index (κ3) is 4.44. The van der Waals surface area contributed by atoms with Crippen LogP contribution in [-0.2, 0) is 0 Å². The highest BCUT2D eigenvalue weighted by Gasteiger charge is 2.13. The third-order valence-electron chi connectivity index (χ3n) is 3.28. The number of hydrogen-bond acceptors (Lipinski definition) is 3. The summed E-state index contributed by atoms with van der Waals surface area (Å²) >= 11 is 0. The maximum Gasteiger partial charge on any atom is 0.167 e. The van der Waals surface area contributed by atoms with Crippen molar-refractivity contribution >= 4 is 0 Å². The van der Waals surface area contributed by atoms with E-state index in [0.717, 1.165) is 45.2 Å². The van der Waals surface area contributed by atoms with Crippen LogP contribution in [0.4, 0.5) is 8.78 Å². The Bertz CT molecular complexity index is 408. The van der Waals surface area contributed by atoms with Crippen LogP contribution < -0.4 is 10.1 Å². The van der Waals surface area contributed by atoms with E-state index in [2.05, 4.69) is 10.2 Å². The van der Waals surface area contributed by atoms with E-state index < -0.39 is 11.6 Å². The smallest absolute Gasteiger partial charge is 0.167 e. The fourth-order valence-electron chi connectivity index (χ4n) is 2.15. The lowest BCUT2D eigenvalue weighted by Gasteiger charge is -2.28. The van der Waals surface area contributed by atoms with Gasteiger partial charge in [0.2, 0.25) is 0 Å². The van der Waals surface area contributed by atoms with E-state index in [1.54, 1.807) is 0 Å². The van der Waals surface area contributed by atoms with Gasteiger partial charge in [0.1, 0.15) is 5.82 Å². The molecule has 3 nitrogen and oxygen atoms in total. The minimum absolute atomic E-state index is 0.0881. The van der Waals surface area contributed by atoms with Crippen molar-refractivity contribution in [3.63, 3.8) is 0 Å². The molecule has 1 aliphatic heterocycles. The van der Waals surface area contributed by atoms with Gasteiger partial charge in [-0.3, -0.25) is 0 Å². The summed E-state index contributed by atoms with van der Waals surface area (Å²) in [5.74, 6) is -1.11. The highest BCUT2D eigenvalue weighted by Crippen LogP contribution is 2.19. The Kier molecular flexibility index (Phi) is 5.10. The molecule has 1 saturated heterocycles. The van der Waals surface area contributed by atoms with E-state index in [1.807, 2.05) is 6.92 Å². The zero-order valence-electron chi connectivity index (χ0n) is 11.2. The van der Waals surface area contributed by atoms with E-state index >= 15 is 0 Å². The first-order valence-corrected chi connectivity index (χ1v) is 6.70. The molecule has 2 rings (SSSR count). The second kappa shape index (κ2) is 6.82. The van der Waals surface area contributed by atoms with Gasteiger partial charge in [0, 0.05) is 38.8 Å². The van der Waals surface area contributed by atoms with Gasteiger partial charge in [0.15, 0.2) is 11.6 Å². The average molecular weight is 270 g/mol. The third-order valence-corrected chi connectivity index (χ3v) is 3.28. The SMILES string of the molecule is CC(CCN1CCNCC1)Oc1ccc(F)cc1F. The molecule has 1 heterocycles. The van der Waals surface area contributed by atoms with Crippen LogP contribution in [0.15, 0.2) is 18.2 Å². The molecule has 0 saturated carbocycles. The summed E-state index contributed by atoms with van der Waals surface area (Å²) in [4.78, 5) is 2.36. The van der Waals surface area contributed by atoms with E-state index in [1.165, 1.54) is 12.1 Å². The fraction of sp³-hybridized carbons (Fsp3) is 0.571. The largest absolute Gasteiger partial charge is 0.488 e. The number of nitrogens with one attached hydrogen (secondary N) is 1. The number of rotatable bonds is 5. The predicted molar refractivity (Wildman–Crippen MR) is 70.4 cm³/mol. The molecular formula is C14H20F2N2O. The summed E-state index contributed by atoms with van der Waals surface area (Å²) in [6, 6.07) is 3.39. The maximum absolute atomic E-state index is 13.4. The van der Waals surface area contributed by atoms with Crippen molar-refractivity contribution in [2.24, 2.45) is 0 Å². The van der Waals surface area contributed by atoms with Gasteiger partial charge >= 0.3 is 0 Å². The lowest BCUT2D eigenvalue weighted by molar-refractivity contribution is 0.162. The monoisotopic (exact) mass is 270 g/mol. The van der Waals surface area contributed by atoms with Crippen molar-refractivity contribution in [2.75, 3.05) is 32.7 Å². The second-order valence-corrected chi connectivity index (χ2v) is 4.88. The first-order valence-electron chi connectivity index (χ1n) is 6.70. The quantitative estimate of drug-likeness (QED) is 0.886. The number of hydrogen-bond donors (Lipinski definition) is 1. The van der Waals surface area contributed by atoms with Crippen LogP contribution in [0, 0.1) is 11.6 Å². The van der Waals surface area contributed by atoms with E-state index in [4.69, 9.17) is 4.74 Å². The first-order chi connectivity index (χ1) is 9.15. The lowest BCUT2D eigenvalue weighted by Crippen LogP contribution is -2.44. The average Bonchev–Trinajstić information content (AvgIpc) is 2.41. The van der Waals surface area contributed by atoms with Crippen LogP contribution in [-0.4, -0.2) is 43.7 Å². The molecule has 0 radical (unpaired) electrons. The van der Waals surface area contributed by atoms with Gasteiger partial charge in [0.05, 0.1) is 6.10 Å². The minimum Gasteiger partial charge on any atom is -0.488 e. The molecule has 1 aliphatic rings. The Morgan fingerprint density at radius 3 is 2.74 bits per heavy atom. The Morgan fingerprint density at radius 2 is 2.05 bits per heavy atom. The lowest BCUT2D eigenvalue weighted by atomic mass is 10.2. The number of ether oxygens (including phenoxy) is 1. The van der Waals surface area contributed by atoms with Crippen molar-refractivity contribution in [2.45, 2.75) is 19.4 Å². The second-order valence-electron chi connectivity index (χ2n) is 4.88. The van der Waals surface area contributed by atoms with E-state index in [0.29, 0.717) is 0 Å². The standard InChI is InChI=1S/C14H20F2N2O/c1-11(4-7-18-8-5-17-6-9-18)19-14-3-2-12(15)10-13(14)16/h2-3,10-11,17H,4-9H2,1H3. The minimum atomic E-state index is -0.644. The van der Waals surface area contributed by atoms with E-state index in [9.17, 15) is 8.78 Å². The first kappa shape index (κ1) is 14.2. The van der Waals surface area contributed by atoms with Crippen molar-refractivity contribution in [3.8, 4) is 5.75 Å². The summed E-state index contributed by atoms with van der Waals surface area (Å²) in [6.45, 7) is 6.95. The zero-order valence-corrected chi connectivity index (χ0v) is 11.2. The van der Waals surface area contributed by atoms with Crippen molar-refractivity contribution in [1.29, 1.82) is 0 Å². The highest BCUT2D eigenvalue weighted by atomic mass is 19.1. The van der Waals surface area contributed by atoms with Gasteiger partial charge in [-0.2, -0.15) is 0 Å². The molecule has 1 aromatic rings. The number of nitrogens with zero attached hydrogens (tertiary/aromatic N) is 1. The van der Waals surface area contributed by atoms with Crippen LogP contribution in [0.1, 0.15) is 13.3 Å². The summed E-state index contributed by atoms with van der Waals surface area (Å²) in [7, 11) is 0. The summed E-state index contributed by atoms with van der Waals surface area (Å²) in [5.41, 5.74) is 0. The normalized spacial score (nSPS) is 18.3. The fourth-order valence-corrected chi connectivity index (χ4v) is 2.15. The molecule has 19 heavy (non-hydrogen) atoms. The number of benzene rings is 1. The number of piperazine rings is 1. The highest BCUT2D eigenvalue weighted by molar-refractivity contribution is 5.24. The van der Waals surface area contributed by atoms with Crippen LogP contribution >= 0.6 is 0 Å². The van der Waals surface area contributed by atoms with Crippen molar-refractivity contribution in [1.82, 2.24) is 10.2 Å². The van der Waals surface area contributed by atoms with Gasteiger partial charge in [0.25, 0.3) is 0 Å². The molecule has 0 bridgehead atoms. The molecule has 0 amide bonds. The Morgan fingerprint density at radius 1 is 1.32 bits per heavy atom. The Balaban J connectivity index is 1.78. The molecule has 5 heteroatoms. The predicted octanol–water partition coefficient (Wildman–Crippen LogP) is 2.03. The van der Waals surface area contributed by atoms with E-state index in [-0.39, 0.29) is 11.9 Å². The van der Waals surface area contributed by atoms with Gasteiger partial charge in [-0.15, -0.1) is 0 Å². The summed E-state index contributed by atoms with van der Waals surface area (Å²) < 4.78 is 31.7. The molecule has 1 unspecified atom stereocenters.